The number of carboxylic acids is 1. The summed E-state index contributed by atoms with van der Waals surface area (Å²) >= 11 is 0. The van der Waals surface area contributed by atoms with Gasteiger partial charge >= 0.3 is 5.97 Å². The molecule has 17 heavy (non-hydrogen) atoms. The monoisotopic (exact) mass is 241 g/mol. The fourth-order valence-electron chi connectivity index (χ4n) is 1.38. The number of rotatable bonds is 5. The van der Waals surface area contributed by atoms with Crippen molar-refractivity contribution in [3.63, 3.8) is 0 Å². The second-order valence-corrected chi connectivity index (χ2v) is 4.79. The molecule has 0 aliphatic rings. The van der Waals surface area contributed by atoms with Gasteiger partial charge in [0, 0.05) is 6.42 Å². The van der Waals surface area contributed by atoms with E-state index in [1.54, 1.807) is 4.57 Å². The smallest absolute Gasteiger partial charge is 0.329 e. The summed E-state index contributed by atoms with van der Waals surface area (Å²) in [6, 6.07) is -0.779. The van der Waals surface area contributed by atoms with Gasteiger partial charge in [0.05, 0.1) is 12.2 Å². The summed E-state index contributed by atoms with van der Waals surface area (Å²) in [5.41, 5.74) is -0.367. The Morgan fingerprint density at radius 3 is 2.71 bits per heavy atom. The van der Waals surface area contributed by atoms with Crippen LogP contribution in [0.2, 0.25) is 0 Å². The fraction of sp³-hybridized carbons (Fsp3) is 0.727. The lowest BCUT2D eigenvalue weighted by molar-refractivity contribution is -0.144. The van der Waals surface area contributed by atoms with Gasteiger partial charge in [-0.25, -0.2) is 4.79 Å². The zero-order valence-electron chi connectivity index (χ0n) is 10.7. The van der Waals surface area contributed by atoms with Crippen LogP contribution in [0.1, 0.15) is 39.6 Å². The molecule has 0 aromatic carbocycles. The lowest BCUT2D eigenvalue weighted by atomic mass is 10.2. The van der Waals surface area contributed by atoms with Crippen molar-refractivity contribution in [1.29, 1.82) is 0 Å². The Labute approximate surface area is 101 Å². The van der Waals surface area contributed by atoms with E-state index in [0.29, 0.717) is 12.2 Å². The predicted molar refractivity (Wildman–Crippen MR) is 61.8 cm³/mol. The molecule has 1 unspecified atom stereocenters. The molecular formula is C11H19N3O3. The van der Waals surface area contributed by atoms with Gasteiger partial charge in [0.1, 0.15) is 12.2 Å². The van der Waals surface area contributed by atoms with Crippen molar-refractivity contribution in [3.05, 3.63) is 12.2 Å². The van der Waals surface area contributed by atoms with Crippen LogP contribution in [0.3, 0.4) is 0 Å². The second-order valence-electron chi connectivity index (χ2n) is 4.79. The van der Waals surface area contributed by atoms with Gasteiger partial charge in [0.25, 0.3) is 0 Å². The quantitative estimate of drug-likeness (QED) is 0.840. The topological polar surface area (TPSA) is 77.2 Å². The van der Waals surface area contributed by atoms with Gasteiger partial charge in [-0.2, -0.15) is 0 Å². The number of nitrogens with zero attached hydrogens (tertiary/aromatic N) is 3. The first-order chi connectivity index (χ1) is 7.85. The number of ether oxygens (including phenoxy) is 1. The molecule has 0 bridgehead atoms. The van der Waals surface area contributed by atoms with Crippen LogP contribution in [-0.4, -0.2) is 38.0 Å². The van der Waals surface area contributed by atoms with Crippen LogP contribution in [0.15, 0.2) is 6.33 Å². The second kappa shape index (κ2) is 5.27. The molecule has 6 nitrogen and oxygen atoms in total. The van der Waals surface area contributed by atoms with Crippen molar-refractivity contribution in [2.75, 3.05) is 6.61 Å². The van der Waals surface area contributed by atoms with Crippen LogP contribution in [0.4, 0.5) is 0 Å². The van der Waals surface area contributed by atoms with Gasteiger partial charge in [-0.15, -0.1) is 10.2 Å². The lowest BCUT2D eigenvalue weighted by Crippen LogP contribution is -2.30. The van der Waals surface area contributed by atoms with Crippen molar-refractivity contribution in [1.82, 2.24) is 14.8 Å². The summed E-state index contributed by atoms with van der Waals surface area (Å²) in [6.45, 7) is 7.67. The van der Waals surface area contributed by atoms with Crippen molar-refractivity contribution < 1.29 is 14.6 Å². The van der Waals surface area contributed by atoms with E-state index in [2.05, 4.69) is 10.2 Å². The third-order valence-electron chi connectivity index (χ3n) is 2.26. The van der Waals surface area contributed by atoms with Crippen LogP contribution in [0.5, 0.6) is 0 Å². The lowest BCUT2D eigenvalue weighted by Gasteiger charge is -2.23. The zero-order valence-corrected chi connectivity index (χ0v) is 10.7. The van der Waals surface area contributed by atoms with Crippen molar-refractivity contribution in [3.8, 4) is 0 Å². The molecule has 0 fully saturated rings. The Balaban J connectivity index is 2.83. The average molecular weight is 241 g/mol. The molecule has 1 N–H and O–H groups in total. The van der Waals surface area contributed by atoms with Gasteiger partial charge < -0.3 is 14.4 Å². The van der Waals surface area contributed by atoms with Gasteiger partial charge in [-0.3, -0.25) is 0 Å². The first-order valence-corrected chi connectivity index (χ1v) is 5.60. The number of hydrogen-bond acceptors (Lipinski definition) is 4. The van der Waals surface area contributed by atoms with Crippen LogP contribution < -0.4 is 0 Å². The Kier molecular flexibility index (Phi) is 4.22. The number of aryl methyl sites for hydroxylation is 1. The van der Waals surface area contributed by atoms with E-state index in [9.17, 15) is 9.90 Å². The summed E-state index contributed by atoms with van der Waals surface area (Å²) in [5, 5.41) is 16.8. The minimum atomic E-state index is -0.941. The minimum Gasteiger partial charge on any atom is -0.480 e. The highest BCUT2D eigenvalue weighted by Gasteiger charge is 2.24. The number of hydrogen-bond donors (Lipinski definition) is 1. The zero-order chi connectivity index (χ0) is 13.1. The summed E-state index contributed by atoms with van der Waals surface area (Å²) in [7, 11) is 0. The van der Waals surface area contributed by atoms with Gasteiger partial charge in [0.2, 0.25) is 0 Å². The van der Waals surface area contributed by atoms with Gasteiger partial charge in [-0.05, 0) is 20.8 Å². The van der Waals surface area contributed by atoms with Crippen LogP contribution in [-0.2, 0) is 16.0 Å². The highest BCUT2D eigenvalue weighted by atomic mass is 16.5. The van der Waals surface area contributed by atoms with E-state index < -0.39 is 12.0 Å². The molecule has 1 aromatic heterocycles. The summed E-state index contributed by atoms with van der Waals surface area (Å²) in [6.07, 6.45) is 2.07. The fourth-order valence-corrected chi connectivity index (χ4v) is 1.38. The van der Waals surface area contributed by atoms with Crippen molar-refractivity contribution in [2.24, 2.45) is 0 Å². The third-order valence-corrected chi connectivity index (χ3v) is 2.26. The maximum absolute atomic E-state index is 11.2. The summed E-state index contributed by atoms with van der Waals surface area (Å²) in [5.74, 6) is -0.293. The van der Waals surface area contributed by atoms with Crippen LogP contribution in [0, 0.1) is 0 Å². The van der Waals surface area contributed by atoms with Crippen LogP contribution >= 0.6 is 0 Å². The normalized spacial score (nSPS) is 13.6. The molecule has 0 radical (unpaired) electrons. The highest BCUT2D eigenvalue weighted by Crippen LogP contribution is 2.15. The maximum atomic E-state index is 11.2. The van der Waals surface area contributed by atoms with Crippen molar-refractivity contribution in [2.45, 2.75) is 45.8 Å². The maximum Gasteiger partial charge on any atom is 0.329 e. The molecule has 1 atom stereocenters. The number of aromatic nitrogens is 3. The molecule has 96 valence electrons. The minimum absolute atomic E-state index is 0.101. The van der Waals surface area contributed by atoms with Gasteiger partial charge in [-0.1, -0.05) is 6.92 Å². The van der Waals surface area contributed by atoms with Gasteiger partial charge in [0.15, 0.2) is 6.04 Å². The van der Waals surface area contributed by atoms with Crippen molar-refractivity contribution >= 4 is 5.97 Å². The molecular weight excluding hydrogens is 222 g/mol. The largest absolute Gasteiger partial charge is 0.480 e. The molecule has 0 aliphatic carbocycles. The van der Waals surface area contributed by atoms with Crippen LogP contribution in [0.25, 0.3) is 0 Å². The molecule has 0 aliphatic heterocycles. The first-order valence-electron chi connectivity index (χ1n) is 5.60. The SMILES string of the molecule is CCc1nncn1C(COC(C)(C)C)C(=O)O. The van der Waals surface area contributed by atoms with E-state index in [-0.39, 0.29) is 12.2 Å². The van der Waals surface area contributed by atoms with E-state index in [0.717, 1.165) is 0 Å². The molecule has 1 rings (SSSR count). The van der Waals surface area contributed by atoms with E-state index in [4.69, 9.17) is 4.74 Å². The predicted octanol–water partition coefficient (Wildman–Crippen LogP) is 1.28. The highest BCUT2D eigenvalue weighted by molar-refractivity contribution is 5.72. The van der Waals surface area contributed by atoms with E-state index in [1.165, 1.54) is 6.33 Å². The average Bonchev–Trinajstić information content (AvgIpc) is 2.63. The van der Waals surface area contributed by atoms with E-state index >= 15 is 0 Å². The molecule has 1 heterocycles. The standard InChI is InChI=1S/C11H19N3O3/c1-5-9-13-12-7-14(9)8(10(15)16)6-17-11(2,3)4/h7-8H,5-6H2,1-4H3,(H,15,16). The Morgan fingerprint density at radius 2 is 2.24 bits per heavy atom. The van der Waals surface area contributed by atoms with E-state index in [1.807, 2.05) is 27.7 Å². The number of aliphatic carboxylic acids is 1. The molecule has 0 saturated carbocycles. The molecule has 1 aromatic rings. The Bertz CT molecular complexity index is 382. The third kappa shape index (κ3) is 3.81. The molecule has 0 saturated heterocycles. The summed E-state index contributed by atoms with van der Waals surface area (Å²) < 4.78 is 7.07. The summed E-state index contributed by atoms with van der Waals surface area (Å²) in [4.78, 5) is 11.2. The molecule has 0 spiro atoms. The number of carbonyl (C=O) groups is 1. The number of carboxylic acid groups (broad SMARTS) is 1. The Morgan fingerprint density at radius 1 is 1.59 bits per heavy atom. The first kappa shape index (κ1) is 13.6. The molecule has 0 amide bonds. The molecule has 6 heteroatoms. The Hall–Kier alpha value is -1.43.